The molecule has 2 amide bonds. The number of hydrogen-bond acceptors (Lipinski definition) is 4. The number of amides is 2. The molecule has 1 saturated carbocycles. The van der Waals surface area contributed by atoms with E-state index < -0.39 is 11.8 Å². The molecule has 1 atom stereocenters. The van der Waals surface area contributed by atoms with Crippen molar-refractivity contribution < 1.29 is 19.1 Å². The van der Waals surface area contributed by atoms with Crippen LogP contribution in [0.2, 0.25) is 0 Å². The maximum atomic E-state index is 13.5. The van der Waals surface area contributed by atoms with Crippen LogP contribution in [0.15, 0.2) is 24.3 Å². The summed E-state index contributed by atoms with van der Waals surface area (Å²) in [7, 11) is 1.55. The Morgan fingerprint density at radius 3 is 2.69 bits per heavy atom. The monoisotopic (exact) mass is 360 g/mol. The zero-order valence-corrected chi connectivity index (χ0v) is 15.6. The van der Waals surface area contributed by atoms with Gasteiger partial charge >= 0.3 is 0 Å². The third-order valence-electron chi connectivity index (χ3n) is 5.30. The van der Waals surface area contributed by atoms with Gasteiger partial charge in [0.2, 0.25) is 5.91 Å². The summed E-state index contributed by atoms with van der Waals surface area (Å²) in [5.41, 5.74) is -0.205. The van der Waals surface area contributed by atoms with E-state index in [2.05, 4.69) is 5.32 Å². The predicted octanol–water partition coefficient (Wildman–Crippen LogP) is 2.72. The third-order valence-corrected chi connectivity index (χ3v) is 5.30. The minimum atomic E-state index is -0.676. The van der Waals surface area contributed by atoms with Crippen LogP contribution in [0, 0.1) is 0 Å². The van der Waals surface area contributed by atoms with Crippen molar-refractivity contribution in [3.05, 3.63) is 29.8 Å². The van der Waals surface area contributed by atoms with Crippen LogP contribution in [-0.2, 0) is 9.53 Å². The summed E-state index contributed by atoms with van der Waals surface area (Å²) in [6, 6.07) is 6.56. The minimum absolute atomic E-state index is 0.141. The SMILES string of the molecule is CCCNC(=O)C1COC2(CCCCC2)N1C(=O)c1ccccc1OC. The number of carbonyl (C=O) groups is 2. The molecule has 3 rings (SSSR count). The van der Waals surface area contributed by atoms with Gasteiger partial charge in [-0.15, -0.1) is 0 Å². The molecule has 1 aromatic rings. The lowest BCUT2D eigenvalue weighted by molar-refractivity contribution is -0.127. The molecular weight excluding hydrogens is 332 g/mol. The van der Waals surface area contributed by atoms with Crippen molar-refractivity contribution in [2.24, 2.45) is 0 Å². The summed E-state index contributed by atoms with van der Waals surface area (Å²) < 4.78 is 11.5. The number of benzene rings is 1. The van der Waals surface area contributed by atoms with Crippen molar-refractivity contribution in [2.75, 3.05) is 20.3 Å². The van der Waals surface area contributed by atoms with Crippen molar-refractivity contribution in [3.63, 3.8) is 0 Å². The number of hydrogen-bond donors (Lipinski definition) is 1. The highest BCUT2D eigenvalue weighted by Gasteiger charge is 2.53. The van der Waals surface area contributed by atoms with Gasteiger partial charge in [-0.1, -0.05) is 25.5 Å². The number of carbonyl (C=O) groups excluding carboxylic acids is 2. The molecule has 1 N–H and O–H groups in total. The molecule has 0 bridgehead atoms. The molecule has 26 heavy (non-hydrogen) atoms. The predicted molar refractivity (Wildman–Crippen MR) is 98.0 cm³/mol. The molecule has 1 spiro atoms. The largest absolute Gasteiger partial charge is 0.496 e. The van der Waals surface area contributed by atoms with Gasteiger partial charge in [0, 0.05) is 6.54 Å². The second-order valence-corrected chi connectivity index (χ2v) is 7.00. The maximum Gasteiger partial charge on any atom is 0.260 e. The quantitative estimate of drug-likeness (QED) is 0.877. The van der Waals surface area contributed by atoms with Gasteiger partial charge in [0.15, 0.2) is 0 Å². The van der Waals surface area contributed by atoms with Crippen LogP contribution in [0.3, 0.4) is 0 Å². The highest BCUT2D eigenvalue weighted by Crippen LogP contribution is 2.42. The molecule has 142 valence electrons. The Labute approximate surface area is 154 Å². The van der Waals surface area contributed by atoms with Crippen LogP contribution < -0.4 is 10.1 Å². The molecular formula is C20H28N2O4. The molecule has 0 aromatic heterocycles. The molecule has 6 heteroatoms. The van der Waals surface area contributed by atoms with Gasteiger partial charge < -0.3 is 14.8 Å². The second kappa shape index (κ2) is 8.08. The third kappa shape index (κ3) is 3.43. The van der Waals surface area contributed by atoms with Crippen LogP contribution in [0.4, 0.5) is 0 Å². The Bertz CT molecular complexity index is 655. The first-order valence-corrected chi connectivity index (χ1v) is 9.51. The van der Waals surface area contributed by atoms with Crippen molar-refractivity contribution in [3.8, 4) is 5.75 Å². The van der Waals surface area contributed by atoms with Crippen LogP contribution in [-0.4, -0.2) is 48.7 Å². The topological polar surface area (TPSA) is 67.9 Å². The molecule has 1 unspecified atom stereocenters. The summed E-state index contributed by atoms with van der Waals surface area (Å²) in [5, 5.41) is 2.92. The summed E-state index contributed by atoms with van der Waals surface area (Å²) >= 11 is 0. The fourth-order valence-corrected chi connectivity index (χ4v) is 3.99. The van der Waals surface area contributed by atoms with Gasteiger partial charge in [-0.05, 0) is 44.2 Å². The highest BCUT2D eigenvalue weighted by atomic mass is 16.5. The first-order valence-electron chi connectivity index (χ1n) is 9.51. The molecule has 1 aliphatic heterocycles. The van der Waals surface area contributed by atoms with E-state index in [-0.39, 0.29) is 18.4 Å². The zero-order chi connectivity index (χ0) is 18.6. The Balaban J connectivity index is 1.95. The summed E-state index contributed by atoms with van der Waals surface area (Å²) in [5.74, 6) is 0.180. The average molecular weight is 360 g/mol. The molecule has 2 fully saturated rings. The summed E-state index contributed by atoms with van der Waals surface area (Å²) in [6.45, 7) is 2.85. The minimum Gasteiger partial charge on any atom is -0.496 e. The van der Waals surface area contributed by atoms with Gasteiger partial charge in [0.05, 0.1) is 19.3 Å². The molecule has 6 nitrogen and oxygen atoms in total. The van der Waals surface area contributed by atoms with Crippen LogP contribution in [0.5, 0.6) is 5.75 Å². The lowest BCUT2D eigenvalue weighted by Crippen LogP contribution is -2.56. The maximum absolute atomic E-state index is 13.5. The Kier molecular flexibility index (Phi) is 5.81. The smallest absolute Gasteiger partial charge is 0.260 e. The normalized spacial score (nSPS) is 21.6. The van der Waals surface area contributed by atoms with Crippen molar-refractivity contribution in [1.29, 1.82) is 0 Å². The van der Waals surface area contributed by atoms with Gasteiger partial charge in [-0.3, -0.25) is 14.5 Å². The van der Waals surface area contributed by atoms with E-state index in [0.29, 0.717) is 17.9 Å². The number of ether oxygens (including phenoxy) is 2. The Hall–Kier alpha value is -2.08. The molecule has 1 heterocycles. The number of nitrogens with one attached hydrogen (secondary N) is 1. The molecule has 0 radical (unpaired) electrons. The fourth-order valence-electron chi connectivity index (χ4n) is 3.99. The van der Waals surface area contributed by atoms with E-state index in [9.17, 15) is 9.59 Å². The highest BCUT2D eigenvalue weighted by molar-refractivity contribution is 6.00. The number of nitrogens with zero attached hydrogens (tertiary/aromatic N) is 1. The fraction of sp³-hybridized carbons (Fsp3) is 0.600. The second-order valence-electron chi connectivity index (χ2n) is 7.00. The van der Waals surface area contributed by atoms with Crippen LogP contribution in [0.1, 0.15) is 55.8 Å². The van der Waals surface area contributed by atoms with Crippen LogP contribution >= 0.6 is 0 Å². The van der Waals surface area contributed by atoms with Gasteiger partial charge in [-0.2, -0.15) is 0 Å². The number of rotatable bonds is 5. The van der Waals surface area contributed by atoms with E-state index in [1.807, 2.05) is 19.1 Å². The van der Waals surface area contributed by atoms with E-state index in [0.717, 1.165) is 38.5 Å². The Morgan fingerprint density at radius 2 is 2.00 bits per heavy atom. The molecule has 1 aromatic carbocycles. The zero-order valence-electron chi connectivity index (χ0n) is 15.6. The lowest BCUT2D eigenvalue weighted by Gasteiger charge is -2.41. The first kappa shape index (κ1) is 18.7. The average Bonchev–Trinajstić information content (AvgIpc) is 3.04. The van der Waals surface area contributed by atoms with Crippen molar-refractivity contribution in [2.45, 2.75) is 57.2 Å². The summed E-state index contributed by atoms with van der Waals surface area (Å²) in [6.07, 6.45) is 5.52. The summed E-state index contributed by atoms with van der Waals surface area (Å²) in [4.78, 5) is 27.9. The number of methoxy groups -OCH3 is 1. The van der Waals surface area contributed by atoms with E-state index in [1.54, 1.807) is 24.1 Å². The lowest BCUT2D eigenvalue weighted by atomic mass is 9.89. The van der Waals surface area contributed by atoms with Gasteiger partial charge in [0.25, 0.3) is 5.91 Å². The first-order chi connectivity index (χ1) is 12.6. The molecule has 2 aliphatic rings. The van der Waals surface area contributed by atoms with E-state index in [1.165, 1.54) is 0 Å². The number of para-hydroxylation sites is 1. The van der Waals surface area contributed by atoms with Gasteiger partial charge in [-0.25, -0.2) is 0 Å². The van der Waals surface area contributed by atoms with E-state index in [4.69, 9.17) is 9.47 Å². The van der Waals surface area contributed by atoms with Gasteiger partial charge in [0.1, 0.15) is 17.5 Å². The van der Waals surface area contributed by atoms with Crippen molar-refractivity contribution >= 4 is 11.8 Å². The molecule has 1 aliphatic carbocycles. The van der Waals surface area contributed by atoms with Crippen molar-refractivity contribution in [1.82, 2.24) is 10.2 Å². The van der Waals surface area contributed by atoms with E-state index >= 15 is 0 Å². The molecule has 1 saturated heterocycles. The Morgan fingerprint density at radius 1 is 1.27 bits per heavy atom. The standard InChI is InChI=1S/C20H28N2O4/c1-3-13-21-18(23)16-14-26-20(11-7-4-8-12-20)22(16)19(24)15-9-5-6-10-17(15)25-2/h5-6,9-10,16H,3-4,7-8,11-14H2,1-2H3,(H,21,23). The van der Waals surface area contributed by atoms with Crippen LogP contribution in [0.25, 0.3) is 0 Å².